The molecule has 0 spiro atoms. The van der Waals surface area contributed by atoms with Crippen molar-refractivity contribution in [2.24, 2.45) is 0 Å². The van der Waals surface area contributed by atoms with Gasteiger partial charge in [0.25, 0.3) is 0 Å². The fourth-order valence-electron chi connectivity index (χ4n) is 2.25. The number of anilines is 1. The minimum absolute atomic E-state index is 0.0358. The van der Waals surface area contributed by atoms with E-state index in [1.165, 1.54) is 0 Å². The van der Waals surface area contributed by atoms with Gasteiger partial charge in [0.1, 0.15) is 0 Å². The van der Waals surface area contributed by atoms with Crippen molar-refractivity contribution in [3.8, 4) is 0 Å². The largest absolute Gasteiger partial charge is 0.398 e. The molecule has 0 aromatic heterocycles. The van der Waals surface area contributed by atoms with E-state index in [1.54, 1.807) is 18.2 Å². The first-order chi connectivity index (χ1) is 9.56. The molecule has 0 unspecified atom stereocenters. The number of ketones is 1. The van der Waals surface area contributed by atoms with Crippen molar-refractivity contribution in [2.45, 2.75) is 26.7 Å². The zero-order chi connectivity index (χ0) is 14.7. The molecule has 0 aliphatic rings. The number of carbonyl (C=O) groups excluding carboxylic acids is 1. The predicted molar refractivity (Wildman–Crippen MR) is 84.5 cm³/mol. The summed E-state index contributed by atoms with van der Waals surface area (Å²) in [7, 11) is 0. The first kappa shape index (κ1) is 14.6. The van der Waals surface area contributed by atoms with Crippen LogP contribution in [0.5, 0.6) is 0 Å². The molecular formula is C17H18ClNO. The summed E-state index contributed by atoms with van der Waals surface area (Å²) in [6, 6.07) is 11.1. The van der Waals surface area contributed by atoms with Crippen LogP contribution in [0.25, 0.3) is 0 Å². The van der Waals surface area contributed by atoms with Gasteiger partial charge in [-0.1, -0.05) is 37.6 Å². The smallest absolute Gasteiger partial charge is 0.195 e. The quantitative estimate of drug-likeness (QED) is 0.674. The number of nitrogens with two attached hydrogens (primary N) is 1. The zero-order valence-electron chi connectivity index (χ0n) is 11.7. The van der Waals surface area contributed by atoms with Gasteiger partial charge in [0.05, 0.1) is 0 Å². The van der Waals surface area contributed by atoms with Crippen molar-refractivity contribution in [1.29, 1.82) is 0 Å². The van der Waals surface area contributed by atoms with Gasteiger partial charge in [-0.25, -0.2) is 0 Å². The van der Waals surface area contributed by atoms with Crippen molar-refractivity contribution < 1.29 is 4.79 Å². The lowest BCUT2D eigenvalue weighted by Gasteiger charge is -2.11. The number of rotatable bonds is 4. The standard InChI is InChI=1S/C17H18ClNO/c1-3-11-5-6-12(4-2)15(9-11)17(20)14-8-7-13(18)10-16(14)19/h5-10H,3-4,19H2,1-2H3. The second-order valence-electron chi connectivity index (χ2n) is 4.76. The van der Waals surface area contributed by atoms with Crippen LogP contribution >= 0.6 is 11.6 Å². The Bertz CT molecular complexity index is 649. The lowest BCUT2D eigenvalue weighted by atomic mass is 9.94. The van der Waals surface area contributed by atoms with Gasteiger partial charge in [0.2, 0.25) is 0 Å². The first-order valence-corrected chi connectivity index (χ1v) is 7.16. The Morgan fingerprint density at radius 1 is 1.05 bits per heavy atom. The number of carbonyl (C=O) groups is 1. The van der Waals surface area contributed by atoms with E-state index >= 15 is 0 Å². The molecule has 0 radical (unpaired) electrons. The summed E-state index contributed by atoms with van der Waals surface area (Å²) in [4.78, 5) is 12.7. The summed E-state index contributed by atoms with van der Waals surface area (Å²) in [6.45, 7) is 4.12. The molecule has 0 saturated carbocycles. The fourth-order valence-corrected chi connectivity index (χ4v) is 2.43. The van der Waals surface area contributed by atoms with Gasteiger partial charge in [0.15, 0.2) is 5.78 Å². The maximum absolute atomic E-state index is 12.7. The second kappa shape index (κ2) is 6.10. The summed E-state index contributed by atoms with van der Waals surface area (Å²) in [5, 5.41) is 0.539. The van der Waals surface area contributed by atoms with Crippen LogP contribution in [0.15, 0.2) is 36.4 Å². The molecule has 0 atom stereocenters. The van der Waals surface area contributed by atoms with E-state index in [0.29, 0.717) is 16.3 Å². The van der Waals surface area contributed by atoms with Crippen molar-refractivity contribution in [3.63, 3.8) is 0 Å². The maximum atomic E-state index is 12.7. The molecule has 0 aliphatic carbocycles. The average Bonchev–Trinajstić information content (AvgIpc) is 2.46. The highest BCUT2D eigenvalue weighted by Gasteiger charge is 2.16. The number of aryl methyl sites for hydroxylation is 2. The van der Waals surface area contributed by atoms with Crippen LogP contribution in [-0.2, 0) is 12.8 Å². The third kappa shape index (κ3) is 2.86. The normalized spacial score (nSPS) is 10.6. The monoisotopic (exact) mass is 287 g/mol. The van der Waals surface area contributed by atoms with Crippen LogP contribution in [0.3, 0.4) is 0 Å². The first-order valence-electron chi connectivity index (χ1n) is 6.78. The van der Waals surface area contributed by atoms with Gasteiger partial charge in [-0.05, 0) is 48.2 Å². The van der Waals surface area contributed by atoms with Crippen LogP contribution in [-0.4, -0.2) is 5.78 Å². The molecular weight excluding hydrogens is 270 g/mol. The maximum Gasteiger partial charge on any atom is 0.195 e. The molecule has 2 aromatic rings. The Labute approximate surface area is 124 Å². The number of benzene rings is 2. The van der Waals surface area contributed by atoms with Crippen molar-refractivity contribution in [3.05, 3.63) is 63.7 Å². The Hall–Kier alpha value is -1.80. The molecule has 0 amide bonds. The van der Waals surface area contributed by atoms with Crippen molar-refractivity contribution in [1.82, 2.24) is 0 Å². The third-order valence-corrected chi connectivity index (χ3v) is 3.70. The molecule has 0 bridgehead atoms. The Balaban J connectivity index is 2.51. The molecule has 0 saturated heterocycles. The van der Waals surface area contributed by atoms with E-state index in [1.807, 2.05) is 19.1 Å². The van der Waals surface area contributed by atoms with Crippen LogP contribution in [0.1, 0.15) is 40.9 Å². The molecule has 2 rings (SSSR count). The summed E-state index contributed by atoms with van der Waals surface area (Å²) in [5.74, 6) is -0.0358. The fraction of sp³-hybridized carbons (Fsp3) is 0.235. The van der Waals surface area contributed by atoms with E-state index in [4.69, 9.17) is 17.3 Å². The number of halogens is 1. The van der Waals surface area contributed by atoms with Gasteiger partial charge in [-0.15, -0.1) is 0 Å². The molecule has 2 nitrogen and oxygen atoms in total. The highest BCUT2D eigenvalue weighted by molar-refractivity contribution is 6.31. The summed E-state index contributed by atoms with van der Waals surface area (Å²) < 4.78 is 0. The van der Waals surface area contributed by atoms with E-state index < -0.39 is 0 Å². The van der Waals surface area contributed by atoms with Gasteiger partial charge in [0, 0.05) is 21.8 Å². The van der Waals surface area contributed by atoms with Crippen LogP contribution in [0.2, 0.25) is 5.02 Å². The minimum atomic E-state index is -0.0358. The number of hydrogen-bond acceptors (Lipinski definition) is 2. The Morgan fingerprint density at radius 2 is 1.80 bits per heavy atom. The van der Waals surface area contributed by atoms with E-state index in [0.717, 1.165) is 29.5 Å². The third-order valence-electron chi connectivity index (χ3n) is 3.47. The molecule has 3 heteroatoms. The summed E-state index contributed by atoms with van der Waals surface area (Å²) in [6.07, 6.45) is 1.72. The van der Waals surface area contributed by atoms with E-state index in [9.17, 15) is 4.79 Å². The van der Waals surface area contributed by atoms with E-state index in [2.05, 4.69) is 13.0 Å². The summed E-state index contributed by atoms with van der Waals surface area (Å²) >= 11 is 5.88. The SMILES string of the molecule is CCc1ccc(CC)c(C(=O)c2ccc(Cl)cc2N)c1. The molecule has 0 fully saturated rings. The molecule has 20 heavy (non-hydrogen) atoms. The molecule has 104 valence electrons. The lowest BCUT2D eigenvalue weighted by Crippen LogP contribution is -2.08. The Morgan fingerprint density at radius 3 is 2.40 bits per heavy atom. The van der Waals surface area contributed by atoms with Crippen LogP contribution < -0.4 is 5.73 Å². The lowest BCUT2D eigenvalue weighted by molar-refractivity contribution is 0.103. The minimum Gasteiger partial charge on any atom is -0.398 e. The topological polar surface area (TPSA) is 43.1 Å². The van der Waals surface area contributed by atoms with Crippen molar-refractivity contribution in [2.75, 3.05) is 5.73 Å². The predicted octanol–water partition coefficient (Wildman–Crippen LogP) is 4.28. The number of nitrogen functional groups attached to an aromatic ring is 1. The van der Waals surface area contributed by atoms with Crippen LogP contribution in [0, 0.1) is 0 Å². The highest BCUT2D eigenvalue weighted by atomic mass is 35.5. The van der Waals surface area contributed by atoms with Gasteiger partial charge in [-0.3, -0.25) is 4.79 Å². The number of hydrogen-bond donors (Lipinski definition) is 1. The zero-order valence-corrected chi connectivity index (χ0v) is 12.5. The molecule has 0 aliphatic heterocycles. The van der Waals surface area contributed by atoms with Crippen molar-refractivity contribution >= 4 is 23.1 Å². The summed E-state index contributed by atoms with van der Waals surface area (Å²) in [5.41, 5.74) is 9.78. The molecule has 2 N–H and O–H groups in total. The van der Waals surface area contributed by atoms with E-state index in [-0.39, 0.29) is 5.78 Å². The molecule has 0 heterocycles. The van der Waals surface area contributed by atoms with Crippen LogP contribution in [0.4, 0.5) is 5.69 Å². The highest BCUT2D eigenvalue weighted by Crippen LogP contribution is 2.23. The van der Waals surface area contributed by atoms with Gasteiger partial charge in [-0.2, -0.15) is 0 Å². The van der Waals surface area contributed by atoms with Gasteiger partial charge >= 0.3 is 0 Å². The molecule has 2 aromatic carbocycles. The average molecular weight is 288 g/mol. The Kier molecular flexibility index (Phi) is 4.46. The van der Waals surface area contributed by atoms with Gasteiger partial charge < -0.3 is 5.73 Å². The second-order valence-corrected chi connectivity index (χ2v) is 5.20.